The molecule has 0 radical (unpaired) electrons. The minimum Gasteiger partial charge on any atom is -0.375 e. The molecule has 0 amide bonds. The Hall–Kier alpha value is -0.610. The van der Waals surface area contributed by atoms with Gasteiger partial charge in [0.05, 0.1) is 5.69 Å². The highest BCUT2D eigenvalue weighted by atomic mass is 32.1. The van der Waals surface area contributed by atoms with Crippen LogP contribution in [0.1, 0.15) is 52.1 Å². The fourth-order valence-electron chi connectivity index (χ4n) is 2.02. The molecule has 0 bridgehead atoms. The van der Waals surface area contributed by atoms with Crippen molar-refractivity contribution in [3.8, 4) is 0 Å². The summed E-state index contributed by atoms with van der Waals surface area (Å²) in [5, 5.41) is 6.25. The van der Waals surface area contributed by atoms with Crippen LogP contribution in [0.3, 0.4) is 0 Å². The lowest BCUT2D eigenvalue weighted by molar-refractivity contribution is 0.303. The lowest BCUT2D eigenvalue weighted by atomic mass is 9.87. The number of thiazole rings is 1. The highest BCUT2D eigenvalue weighted by Crippen LogP contribution is 2.22. The van der Waals surface area contributed by atoms with Crippen molar-refractivity contribution in [3.05, 3.63) is 11.1 Å². The molecule has 0 aliphatic carbocycles. The van der Waals surface area contributed by atoms with Crippen LogP contribution in [-0.4, -0.2) is 18.1 Å². The van der Waals surface area contributed by atoms with E-state index in [1.807, 2.05) is 5.38 Å². The molecule has 0 atom stereocenters. The normalized spacial score (nSPS) is 11.9. The first-order valence-electron chi connectivity index (χ1n) is 6.94. The van der Waals surface area contributed by atoms with Gasteiger partial charge in [-0.1, -0.05) is 40.0 Å². The van der Waals surface area contributed by atoms with Gasteiger partial charge >= 0.3 is 0 Å². The first-order chi connectivity index (χ1) is 8.53. The van der Waals surface area contributed by atoms with Crippen molar-refractivity contribution in [2.45, 2.75) is 52.9 Å². The smallest absolute Gasteiger partial charge is 0.180 e. The number of rotatable bonds is 9. The molecule has 3 nitrogen and oxygen atoms in total. The van der Waals surface area contributed by atoms with E-state index in [1.165, 1.54) is 37.0 Å². The molecule has 0 saturated carbocycles. The Morgan fingerprint density at radius 3 is 2.78 bits per heavy atom. The molecule has 4 heteroatoms. The molecule has 0 aliphatic heterocycles. The molecular formula is C14H27N3S. The molecule has 0 fully saturated rings. The predicted molar refractivity (Wildman–Crippen MR) is 81.0 cm³/mol. The summed E-state index contributed by atoms with van der Waals surface area (Å²) in [5.74, 6) is 0. The minimum atomic E-state index is 0.399. The van der Waals surface area contributed by atoms with Gasteiger partial charge in [0, 0.05) is 24.9 Å². The third kappa shape index (κ3) is 6.36. The first-order valence-corrected chi connectivity index (χ1v) is 7.82. The number of nitrogens with one attached hydrogen (secondary N) is 1. The Morgan fingerprint density at radius 2 is 2.17 bits per heavy atom. The van der Waals surface area contributed by atoms with Crippen molar-refractivity contribution in [2.24, 2.45) is 5.41 Å². The van der Waals surface area contributed by atoms with Crippen LogP contribution in [0.15, 0.2) is 5.38 Å². The van der Waals surface area contributed by atoms with E-state index in [0.29, 0.717) is 10.5 Å². The van der Waals surface area contributed by atoms with Gasteiger partial charge in [-0.2, -0.15) is 0 Å². The molecule has 1 aromatic heterocycles. The Kier molecular flexibility index (Phi) is 6.65. The van der Waals surface area contributed by atoms with Gasteiger partial charge in [-0.05, 0) is 11.8 Å². The summed E-state index contributed by atoms with van der Waals surface area (Å²) in [6, 6.07) is 0. The number of nitrogens with zero attached hydrogens (tertiary/aromatic N) is 1. The van der Waals surface area contributed by atoms with Crippen molar-refractivity contribution in [3.63, 3.8) is 0 Å². The molecule has 1 rings (SSSR count). The van der Waals surface area contributed by atoms with Crippen molar-refractivity contribution < 1.29 is 0 Å². The summed E-state index contributed by atoms with van der Waals surface area (Å²) in [5.41, 5.74) is 7.11. The highest BCUT2D eigenvalue weighted by molar-refractivity contribution is 7.13. The van der Waals surface area contributed by atoms with E-state index in [2.05, 4.69) is 31.1 Å². The number of nitrogen functional groups attached to an aromatic ring is 1. The summed E-state index contributed by atoms with van der Waals surface area (Å²) in [6.07, 6.45) is 6.26. The van der Waals surface area contributed by atoms with E-state index < -0.39 is 0 Å². The molecule has 1 aromatic rings. The standard InChI is InChI=1S/C14H27N3S/c1-4-5-6-8-14(2,3)11-16-9-7-12-10-18-13(15)17-12/h10,16H,4-9,11H2,1-3H3,(H2,15,17). The fraction of sp³-hybridized carbons (Fsp3) is 0.786. The Bertz CT molecular complexity index is 334. The van der Waals surface area contributed by atoms with E-state index in [9.17, 15) is 0 Å². The van der Waals surface area contributed by atoms with Crippen LogP contribution in [0.5, 0.6) is 0 Å². The van der Waals surface area contributed by atoms with Crippen LogP contribution in [0, 0.1) is 5.41 Å². The SMILES string of the molecule is CCCCCC(C)(C)CNCCc1csc(N)n1. The third-order valence-corrected chi connectivity index (χ3v) is 3.91. The lowest BCUT2D eigenvalue weighted by Gasteiger charge is -2.25. The molecule has 18 heavy (non-hydrogen) atoms. The average molecular weight is 269 g/mol. The zero-order valence-corrected chi connectivity index (χ0v) is 12.8. The van der Waals surface area contributed by atoms with E-state index in [4.69, 9.17) is 5.73 Å². The van der Waals surface area contributed by atoms with Crippen molar-refractivity contribution in [1.82, 2.24) is 10.3 Å². The second kappa shape index (κ2) is 7.74. The number of hydrogen-bond donors (Lipinski definition) is 2. The zero-order chi connectivity index (χ0) is 13.4. The van der Waals surface area contributed by atoms with Gasteiger partial charge in [0.15, 0.2) is 5.13 Å². The van der Waals surface area contributed by atoms with E-state index in [0.717, 1.165) is 25.2 Å². The summed E-state index contributed by atoms with van der Waals surface area (Å²) >= 11 is 1.52. The fourth-order valence-corrected chi connectivity index (χ4v) is 2.62. The quantitative estimate of drug-likeness (QED) is 0.675. The number of unbranched alkanes of at least 4 members (excludes halogenated alkanes) is 2. The van der Waals surface area contributed by atoms with Crippen LogP contribution in [0.4, 0.5) is 5.13 Å². The monoisotopic (exact) mass is 269 g/mol. The Morgan fingerprint density at radius 1 is 1.39 bits per heavy atom. The van der Waals surface area contributed by atoms with Gasteiger partial charge in [0.2, 0.25) is 0 Å². The first kappa shape index (κ1) is 15.4. The van der Waals surface area contributed by atoms with Gasteiger partial charge in [0.1, 0.15) is 0 Å². The molecule has 0 spiro atoms. The van der Waals surface area contributed by atoms with Crippen LogP contribution < -0.4 is 11.1 Å². The molecule has 0 aromatic carbocycles. The molecular weight excluding hydrogens is 242 g/mol. The molecule has 3 N–H and O–H groups in total. The van der Waals surface area contributed by atoms with Gasteiger partial charge in [-0.25, -0.2) is 4.98 Å². The zero-order valence-electron chi connectivity index (χ0n) is 12.0. The van der Waals surface area contributed by atoms with Crippen LogP contribution >= 0.6 is 11.3 Å². The van der Waals surface area contributed by atoms with Crippen LogP contribution in [0.25, 0.3) is 0 Å². The summed E-state index contributed by atoms with van der Waals surface area (Å²) in [7, 11) is 0. The Balaban J connectivity index is 2.12. The predicted octanol–water partition coefficient (Wildman–Crippen LogP) is 3.46. The topological polar surface area (TPSA) is 50.9 Å². The Labute approximate surface area is 115 Å². The van der Waals surface area contributed by atoms with Crippen LogP contribution in [-0.2, 0) is 6.42 Å². The van der Waals surface area contributed by atoms with Crippen LogP contribution in [0.2, 0.25) is 0 Å². The molecule has 1 heterocycles. The van der Waals surface area contributed by atoms with E-state index in [-0.39, 0.29) is 0 Å². The molecule has 0 saturated heterocycles. The lowest BCUT2D eigenvalue weighted by Crippen LogP contribution is -2.30. The number of aromatic nitrogens is 1. The highest BCUT2D eigenvalue weighted by Gasteiger charge is 2.16. The number of nitrogens with two attached hydrogens (primary N) is 1. The maximum atomic E-state index is 5.61. The summed E-state index contributed by atoms with van der Waals surface area (Å²) in [4.78, 5) is 4.26. The third-order valence-electron chi connectivity index (χ3n) is 3.19. The van der Waals surface area contributed by atoms with Crippen molar-refractivity contribution in [2.75, 3.05) is 18.8 Å². The van der Waals surface area contributed by atoms with E-state index >= 15 is 0 Å². The van der Waals surface area contributed by atoms with E-state index in [1.54, 1.807) is 0 Å². The number of hydrogen-bond acceptors (Lipinski definition) is 4. The van der Waals surface area contributed by atoms with Gasteiger partial charge < -0.3 is 11.1 Å². The second-order valence-corrected chi connectivity index (χ2v) is 6.61. The van der Waals surface area contributed by atoms with Crippen molar-refractivity contribution in [1.29, 1.82) is 0 Å². The largest absolute Gasteiger partial charge is 0.375 e. The van der Waals surface area contributed by atoms with Gasteiger partial charge in [-0.15, -0.1) is 11.3 Å². The average Bonchev–Trinajstić information content (AvgIpc) is 2.71. The van der Waals surface area contributed by atoms with Gasteiger partial charge in [-0.3, -0.25) is 0 Å². The van der Waals surface area contributed by atoms with Crippen molar-refractivity contribution >= 4 is 16.5 Å². The number of anilines is 1. The second-order valence-electron chi connectivity index (χ2n) is 5.73. The molecule has 0 aliphatic rings. The minimum absolute atomic E-state index is 0.399. The van der Waals surface area contributed by atoms with Gasteiger partial charge in [0.25, 0.3) is 0 Å². The summed E-state index contributed by atoms with van der Waals surface area (Å²) < 4.78 is 0. The molecule has 0 unspecified atom stereocenters. The molecule has 104 valence electrons. The maximum Gasteiger partial charge on any atom is 0.180 e. The summed E-state index contributed by atoms with van der Waals surface area (Å²) in [6.45, 7) is 9.01. The maximum absolute atomic E-state index is 5.61.